The quantitative estimate of drug-likeness (QED) is 0.172. The lowest BCUT2D eigenvalue weighted by molar-refractivity contribution is 0.952. The fourth-order valence-corrected chi connectivity index (χ4v) is 8.30. The standard InChI is InChI=1S/C51H33N5/c1-3-17-34(18-4-1)36-21-15-22-37(33-36)49-52-50(54-51(53-49)56-45-30-12-7-23-39(45)40-24-8-13-31-46(40)56)43-26-10-14-32-47(43)55-44-29-11-9-25-41(44)42-28-16-27-38(48(42)55)35-19-5-2-6-20-35/h1-33H. The van der Waals surface area contributed by atoms with Crippen molar-refractivity contribution in [1.29, 1.82) is 0 Å². The van der Waals surface area contributed by atoms with Crippen LogP contribution < -0.4 is 0 Å². The highest BCUT2D eigenvalue weighted by atomic mass is 15.2. The van der Waals surface area contributed by atoms with Gasteiger partial charge in [-0.25, -0.2) is 4.98 Å². The number of benzene rings is 8. The lowest BCUT2D eigenvalue weighted by Crippen LogP contribution is -2.08. The molecule has 0 unspecified atom stereocenters. The molecule has 0 radical (unpaired) electrons. The maximum Gasteiger partial charge on any atom is 0.238 e. The Hall–Kier alpha value is -7.63. The molecule has 0 aliphatic rings. The highest BCUT2D eigenvalue weighted by molar-refractivity contribution is 6.14. The van der Waals surface area contributed by atoms with Crippen LogP contribution in [0.2, 0.25) is 0 Å². The van der Waals surface area contributed by atoms with Crippen molar-refractivity contribution in [3.8, 4) is 56.7 Å². The monoisotopic (exact) mass is 715 g/mol. The largest absolute Gasteiger partial charge is 0.308 e. The number of para-hydroxylation sites is 5. The van der Waals surface area contributed by atoms with Gasteiger partial charge >= 0.3 is 0 Å². The summed E-state index contributed by atoms with van der Waals surface area (Å²) < 4.78 is 4.57. The summed E-state index contributed by atoms with van der Waals surface area (Å²) in [5, 5.41) is 4.68. The third kappa shape index (κ3) is 5.13. The first-order chi connectivity index (χ1) is 27.8. The maximum absolute atomic E-state index is 5.39. The molecule has 5 nitrogen and oxygen atoms in total. The number of hydrogen-bond donors (Lipinski definition) is 0. The Labute approximate surface area is 323 Å². The molecule has 0 aliphatic heterocycles. The molecule has 262 valence electrons. The fourth-order valence-electron chi connectivity index (χ4n) is 8.30. The van der Waals surface area contributed by atoms with Crippen molar-refractivity contribution in [2.24, 2.45) is 0 Å². The van der Waals surface area contributed by atoms with Crippen molar-refractivity contribution < 1.29 is 0 Å². The Morgan fingerprint density at radius 3 is 1.50 bits per heavy atom. The van der Waals surface area contributed by atoms with Crippen LogP contribution in [-0.2, 0) is 0 Å². The van der Waals surface area contributed by atoms with E-state index in [1.807, 2.05) is 6.07 Å². The minimum Gasteiger partial charge on any atom is -0.308 e. The molecule has 56 heavy (non-hydrogen) atoms. The summed E-state index contributed by atoms with van der Waals surface area (Å²) in [7, 11) is 0. The van der Waals surface area contributed by atoms with Crippen LogP contribution in [0.5, 0.6) is 0 Å². The van der Waals surface area contributed by atoms with Gasteiger partial charge in [0.1, 0.15) is 0 Å². The third-order valence-electron chi connectivity index (χ3n) is 10.8. The van der Waals surface area contributed by atoms with Gasteiger partial charge in [0.05, 0.1) is 27.8 Å². The van der Waals surface area contributed by atoms with Gasteiger partial charge in [0.25, 0.3) is 0 Å². The Morgan fingerprint density at radius 1 is 0.304 bits per heavy atom. The zero-order chi connectivity index (χ0) is 37.0. The van der Waals surface area contributed by atoms with Crippen molar-refractivity contribution in [3.05, 3.63) is 200 Å². The van der Waals surface area contributed by atoms with Crippen molar-refractivity contribution in [2.75, 3.05) is 0 Å². The number of hydrogen-bond acceptors (Lipinski definition) is 3. The molecule has 0 fully saturated rings. The van der Waals surface area contributed by atoms with E-state index in [9.17, 15) is 0 Å². The van der Waals surface area contributed by atoms with Crippen molar-refractivity contribution >= 4 is 43.6 Å². The molecular formula is C51H33N5. The molecule has 0 amide bonds. The predicted octanol–water partition coefficient (Wildman–Crippen LogP) is 12.7. The van der Waals surface area contributed by atoms with Gasteiger partial charge in [-0.1, -0.05) is 164 Å². The molecular weight excluding hydrogens is 683 g/mol. The number of nitrogens with zero attached hydrogens (tertiary/aromatic N) is 5. The second-order valence-corrected chi connectivity index (χ2v) is 14.0. The zero-order valence-corrected chi connectivity index (χ0v) is 30.3. The topological polar surface area (TPSA) is 48.5 Å². The highest BCUT2D eigenvalue weighted by Gasteiger charge is 2.22. The smallest absolute Gasteiger partial charge is 0.238 e. The van der Waals surface area contributed by atoms with E-state index in [2.05, 4.69) is 203 Å². The summed E-state index contributed by atoms with van der Waals surface area (Å²) in [4.78, 5) is 16.0. The molecule has 8 aromatic carbocycles. The van der Waals surface area contributed by atoms with Crippen LogP contribution in [0.4, 0.5) is 0 Å². The van der Waals surface area contributed by atoms with E-state index in [1.54, 1.807) is 0 Å². The van der Waals surface area contributed by atoms with Gasteiger partial charge in [0.2, 0.25) is 5.95 Å². The van der Waals surface area contributed by atoms with Crippen LogP contribution in [0.3, 0.4) is 0 Å². The minimum absolute atomic E-state index is 0.564. The first kappa shape index (κ1) is 31.9. The molecule has 0 N–H and O–H groups in total. The Bertz CT molecular complexity index is 3200. The van der Waals surface area contributed by atoms with Crippen molar-refractivity contribution in [3.63, 3.8) is 0 Å². The van der Waals surface area contributed by atoms with E-state index >= 15 is 0 Å². The van der Waals surface area contributed by atoms with Gasteiger partial charge in [-0.05, 0) is 53.1 Å². The van der Waals surface area contributed by atoms with Gasteiger partial charge in [0.15, 0.2) is 11.6 Å². The summed E-state index contributed by atoms with van der Waals surface area (Å²) in [6, 6.07) is 70.3. The van der Waals surface area contributed by atoms with Gasteiger partial charge in [-0.2, -0.15) is 9.97 Å². The average molecular weight is 716 g/mol. The molecule has 5 heteroatoms. The summed E-state index contributed by atoms with van der Waals surface area (Å²) in [5.74, 6) is 1.76. The molecule has 3 heterocycles. The van der Waals surface area contributed by atoms with Gasteiger partial charge in [0, 0.05) is 38.2 Å². The first-order valence-corrected chi connectivity index (χ1v) is 18.9. The normalized spacial score (nSPS) is 11.6. The lowest BCUT2D eigenvalue weighted by atomic mass is 10.0. The van der Waals surface area contributed by atoms with E-state index in [-0.39, 0.29) is 0 Å². The number of rotatable bonds is 6. The van der Waals surface area contributed by atoms with Gasteiger partial charge in [-0.3, -0.25) is 4.57 Å². The second kappa shape index (κ2) is 13.0. The molecule has 11 aromatic rings. The zero-order valence-electron chi connectivity index (χ0n) is 30.3. The van der Waals surface area contributed by atoms with E-state index in [4.69, 9.17) is 15.0 Å². The number of aromatic nitrogens is 5. The summed E-state index contributed by atoms with van der Waals surface area (Å²) >= 11 is 0. The predicted molar refractivity (Wildman–Crippen MR) is 230 cm³/mol. The Balaban J connectivity index is 1.21. The van der Waals surface area contributed by atoms with E-state index in [1.165, 1.54) is 10.8 Å². The molecule has 0 saturated carbocycles. The van der Waals surface area contributed by atoms with E-state index < -0.39 is 0 Å². The van der Waals surface area contributed by atoms with Gasteiger partial charge < -0.3 is 4.57 Å². The number of fused-ring (bicyclic) bond motifs is 6. The summed E-state index contributed by atoms with van der Waals surface area (Å²) in [6.45, 7) is 0. The third-order valence-corrected chi connectivity index (χ3v) is 10.8. The minimum atomic E-state index is 0.564. The lowest BCUT2D eigenvalue weighted by Gasteiger charge is -2.16. The first-order valence-electron chi connectivity index (χ1n) is 18.9. The van der Waals surface area contributed by atoms with Crippen LogP contribution >= 0.6 is 0 Å². The van der Waals surface area contributed by atoms with Crippen molar-refractivity contribution in [1.82, 2.24) is 24.1 Å². The van der Waals surface area contributed by atoms with Crippen LogP contribution in [0.25, 0.3) is 100 Å². The fraction of sp³-hybridized carbons (Fsp3) is 0. The summed E-state index contributed by atoms with van der Waals surface area (Å²) in [6.07, 6.45) is 0. The Morgan fingerprint density at radius 2 is 0.786 bits per heavy atom. The van der Waals surface area contributed by atoms with Crippen LogP contribution in [0.15, 0.2) is 200 Å². The average Bonchev–Trinajstić information content (AvgIpc) is 3.80. The van der Waals surface area contributed by atoms with Crippen molar-refractivity contribution in [2.45, 2.75) is 0 Å². The molecule has 0 bridgehead atoms. The van der Waals surface area contributed by atoms with Crippen LogP contribution in [0.1, 0.15) is 0 Å². The van der Waals surface area contributed by atoms with Crippen LogP contribution in [0, 0.1) is 0 Å². The second-order valence-electron chi connectivity index (χ2n) is 14.0. The van der Waals surface area contributed by atoms with Gasteiger partial charge in [-0.15, -0.1) is 0 Å². The molecule has 0 aliphatic carbocycles. The van der Waals surface area contributed by atoms with Crippen LogP contribution in [-0.4, -0.2) is 24.1 Å². The van der Waals surface area contributed by atoms with E-state index in [0.717, 1.165) is 71.9 Å². The molecule has 0 spiro atoms. The maximum atomic E-state index is 5.39. The van der Waals surface area contributed by atoms with E-state index in [0.29, 0.717) is 17.6 Å². The molecule has 0 atom stereocenters. The molecule has 3 aromatic heterocycles. The molecule has 0 saturated heterocycles. The summed E-state index contributed by atoms with van der Waals surface area (Å²) in [5.41, 5.74) is 11.7. The Kier molecular flexibility index (Phi) is 7.42. The highest BCUT2D eigenvalue weighted by Crippen LogP contribution is 2.41. The molecule has 11 rings (SSSR count). The SMILES string of the molecule is c1ccc(-c2cccc(-c3nc(-c4ccccc4-n4c5ccccc5c5cccc(-c6ccccc6)c54)nc(-n4c5ccccc5c5ccccc54)n3)c2)cc1.